The van der Waals surface area contributed by atoms with E-state index in [9.17, 15) is 19.7 Å². The molecule has 2 aliphatic heterocycles. The molecule has 4 aromatic rings. The maximum absolute atomic E-state index is 13.7. The van der Waals surface area contributed by atoms with Crippen LogP contribution in [0.2, 0.25) is 5.02 Å². The van der Waals surface area contributed by atoms with Gasteiger partial charge in [-0.05, 0) is 42.0 Å². The lowest BCUT2D eigenvalue weighted by atomic mass is 9.94. The van der Waals surface area contributed by atoms with Crippen LogP contribution in [0.3, 0.4) is 0 Å². The molecule has 0 unspecified atom stereocenters. The van der Waals surface area contributed by atoms with Crippen molar-refractivity contribution in [2.45, 2.75) is 18.7 Å². The van der Waals surface area contributed by atoms with Crippen molar-refractivity contribution < 1.29 is 23.8 Å². The molecule has 0 bridgehead atoms. The zero-order chi connectivity index (χ0) is 26.4. The summed E-state index contributed by atoms with van der Waals surface area (Å²) in [4.78, 5) is 45.5. The predicted octanol–water partition coefficient (Wildman–Crippen LogP) is 5.55. The third-order valence-corrected chi connectivity index (χ3v) is 6.98. The maximum Gasteiger partial charge on any atom is 0.281 e. The molecule has 9 nitrogen and oxygen atoms in total. The molecular formula is C28H20ClN3O6. The lowest BCUT2D eigenvalue weighted by molar-refractivity contribution is -0.384. The Morgan fingerprint density at radius 3 is 2.32 bits per heavy atom. The first-order chi connectivity index (χ1) is 18.4. The van der Waals surface area contributed by atoms with Gasteiger partial charge in [0.15, 0.2) is 6.10 Å². The van der Waals surface area contributed by atoms with Crippen LogP contribution in [-0.4, -0.2) is 27.7 Å². The number of carbonyl (C=O) groups excluding carboxylic acids is 2. The van der Waals surface area contributed by atoms with E-state index < -0.39 is 28.9 Å². The van der Waals surface area contributed by atoms with Crippen LogP contribution in [0.5, 0.6) is 0 Å². The number of amides is 2. The van der Waals surface area contributed by atoms with Gasteiger partial charge in [-0.1, -0.05) is 60.1 Å². The Hall–Kier alpha value is -4.47. The van der Waals surface area contributed by atoms with E-state index in [2.05, 4.69) is 0 Å². The molecule has 2 amide bonds. The lowest BCUT2D eigenvalue weighted by Gasteiger charge is -2.27. The number of hydrogen-bond donors (Lipinski definition) is 0. The van der Waals surface area contributed by atoms with Crippen molar-refractivity contribution in [1.29, 1.82) is 0 Å². The zero-order valence-electron chi connectivity index (χ0n) is 19.8. The summed E-state index contributed by atoms with van der Waals surface area (Å²) in [5, 5.41) is 13.4. The number of hydroxylamine groups is 1. The molecule has 3 atom stereocenters. The number of halogens is 1. The minimum atomic E-state index is -1.03. The summed E-state index contributed by atoms with van der Waals surface area (Å²) >= 11 is 5.97. The summed E-state index contributed by atoms with van der Waals surface area (Å²) in [6.45, 7) is 0.132. The van der Waals surface area contributed by atoms with Crippen LogP contribution in [0.15, 0.2) is 95.4 Å². The highest BCUT2D eigenvalue weighted by Gasteiger charge is 2.60. The second-order valence-electron chi connectivity index (χ2n) is 9.03. The number of para-hydroxylation sites is 1. The van der Waals surface area contributed by atoms with Gasteiger partial charge in [0, 0.05) is 11.1 Å². The topological polar surface area (TPSA) is 106 Å². The van der Waals surface area contributed by atoms with Crippen LogP contribution in [0.25, 0.3) is 11.3 Å². The predicted molar refractivity (Wildman–Crippen MR) is 138 cm³/mol. The largest absolute Gasteiger partial charge is 0.458 e. The molecule has 190 valence electrons. The van der Waals surface area contributed by atoms with Gasteiger partial charge in [0.1, 0.15) is 23.5 Å². The third-order valence-electron chi connectivity index (χ3n) is 6.74. The molecule has 6 rings (SSSR count). The maximum atomic E-state index is 13.7. The summed E-state index contributed by atoms with van der Waals surface area (Å²) in [5.74, 6) is -1.10. The Morgan fingerprint density at radius 1 is 0.895 bits per heavy atom. The van der Waals surface area contributed by atoms with Gasteiger partial charge in [0.05, 0.1) is 22.7 Å². The molecule has 3 heterocycles. The van der Waals surface area contributed by atoms with Crippen LogP contribution >= 0.6 is 11.6 Å². The Morgan fingerprint density at radius 2 is 1.61 bits per heavy atom. The summed E-state index contributed by atoms with van der Waals surface area (Å²) < 4.78 is 6.13. The molecule has 10 heteroatoms. The van der Waals surface area contributed by atoms with E-state index in [0.29, 0.717) is 11.4 Å². The van der Waals surface area contributed by atoms with Crippen molar-refractivity contribution in [1.82, 2.24) is 4.90 Å². The molecule has 0 spiro atoms. The highest BCUT2D eigenvalue weighted by Crippen LogP contribution is 2.48. The van der Waals surface area contributed by atoms with Crippen molar-refractivity contribution in [3.8, 4) is 11.3 Å². The lowest BCUT2D eigenvalue weighted by Crippen LogP contribution is -2.36. The van der Waals surface area contributed by atoms with Crippen LogP contribution in [0, 0.1) is 16.0 Å². The Kier molecular flexibility index (Phi) is 5.94. The number of benzene rings is 3. The molecule has 0 saturated carbocycles. The molecule has 0 aliphatic carbocycles. The number of nitrogens with zero attached hydrogens (tertiary/aromatic N) is 3. The standard InChI is InChI=1S/C28H20ClN3O6/c29-18-11-12-20(21(15-18)32(35)36)22-13-14-23(37-22)25-24-26(38-31(25)19-9-5-2-6-10-19)28(34)30(27(24)33)16-17-7-3-1-4-8-17/h1-15,24-26H,16H2/t24-,25+,26+/m0/s1. The normalized spacial score (nSPS) is 20.7. The SMILES string of the molecule is O=C1[C@H]2[C@@H](c3ccc(-c4ccc(Cl)cc4[N+](=O)[O-])o3)N(c3ccccc3)O[C@H]2C(=O)N1Cc1ccccc1. The van der Waals surface area contributed by atoms with Gasteiger partial charge in [-0.3, -0.25) is 29.4 Å². The quantitative estimate of drug-likeness (QED) is 0.183. The average molecular weight is 530 g/mol. The van der Waals surface area contributed by atoms with Crippen molar-refractivity contribution in [2.75, 3.05) is 5.06 Å². The number of carbonyl (C=O) groups is 2. The first-order valence-electron chi connectivity index (χ1n) is 11.9. The van der Waals surface area contributed by atoms with Crippen molar-refractivity contribution in [2.24, 2.45) is 5.92 Å². The second-order valence-corrected chi connectivity index (χ2v) is 9.46. The van der Waals surface area contributed by atoms with E-state index in [1.165, 1.54) is 28.2 Å². The molecule has 2 saturated heterocycles. The second kappa shape index (κ2) is 9.44. The van der Waals surface area contributed by atoms with Crippen LogP contribution in [0.1, 0.15) is 17.4 Å². The van der Waals surface area contributed by atoms with Crippen molar-refractivity contribution >= 4 is 34.8 Å². The van der Waals surface area contributed by atoms with Gasteiger partial charge in [0.25, 0.3) is 11.6 Å². The number of rotatable bonds is 6. The van der Waals surface area contributed by atoms with Crippen molar-refractivity contribution in [3.63, 3.8) is 0 Å². The summed E-state index contributed by atoms with van der Waals surface area (Å²) in [5.41, 5.74) is 1.49. The smallest absolute Gasteiger partial charge is 0.281 e. The van der Waals surface area contributed by atoms with Gasteiger partial charge in [-0.25, -0.2) is 5.06 Å². The van der Waals surface area contributed by atoms with Gasteiger partial charge in [-0.15, -0.1) is 0 Å². The van der Waals surface area contributed by atoms with E-state index in [0.717, 1.165) is 5.56 Å². The minimum Gasteiger partial charge on any atom is -0.458 e. The number of furan rings is 1. The van der Waals surface area contributed by atoms with Crippen LogP contribution < -0.4 is 5.06 Å². The molecule has 0 N–H and O–H groups in total. The Labute approximate surface area is 221 Å². The highest BCUT2D eigenvalue weighted by atomic mass is 35.5. The van der Waals surface area contributed by atoms with Crippen molar-refractivity contribution in [3.05, 3.63) is 117 Å². The van der Waals surface area contributed by atoms with E-state index >= 15 is 0 Å². The van der Waals surface area contributed by atoms with Crippen LogP contribution in [-0.2, 0) is 21.0 Å². The number of imide groups is 1. The fraction of sp³-hybridized carbons (Fsp3) is 0.143. The Bertz CT molecular complexity index is 1540. The van der Waals surface area contributed by atoms with E-state index in [1.807, 2.05) is 48.5 Å². The van der Waals surface area contributed by atoms with Gasteiger partial charge < -0.3 is 4.42 Å². The summed E-state index contributed by atoms with van der Waals surface area (Å²) in [6, 6.07) is 25.1. The Balaban J connectivity index is 1.40. The summed E-state index contributed by atoms with van der Waals surface area (Å²) in [7, 11) is 0. The minimum absolute atomic E-state index is 0.132. The van der Waals surface area contributed by atoms with E-state index in [-0.39, 0.29) is 34.5 Å². The fourth-order valence-electron chi connectivity index (χ4n) is 5.00. The number of hydrogen-bond acceptors (Lipinski definition) is 7. The van der Waals surface area contributed by atoms with E-state index in [4.69, 9.17) is 20.9 Å². The van der Waals surface area contributed by atoms with Gasteiger partial charge in [-0.2, -0.15) is 0 Å². The number of likely N-dealkylation sites (tertiary alicyclic amines) is 1. The number of nitro benzene ring substituents is 1. The highest BCUT2D eigenvalue weighted by molar-refractivity contribution is 6.30. The fourth-order valence-corrected chi connectivity index (χ4v) is 5.17. The molecule has 2 aliphatic rings. The number of anilines is 1. The molecule has 38 heavy (non-hydrogen) atoms. The first kappa shape index (κ1) is 23.9. The molecule has 2 fully saturated rings. The van der Waals surface area contributed by atoms with Crippen LogP contribution in [0.4, 0.5) is 11.4 Å². The zero-order valence-corrected chi connectivity index (χ0v) is 20.5. The summed E-state index contributed by atoms with van der Waals surface area (Å²) in [6.07, 6.45) is -1.03. The van der Waals surface area contributed by atoms with E-state index in [1.54, 1.807) is 24.3 Å². The first-order valence-corrected chi connectivity index (χ1v) is 12.2. The monoisotopic (exact) mass is 529 g/mol. The molecular weight excluding hydrogens is 510 g/mol. The molecule has 3 aromatic carbocycles. The van der Waals surface area contributed by atoms with Gasteiger partial charge >= 0.3 is 0 Å². The number of nitro groups is 1. The number of fused-ring (bicyclic) bond motifs is 1. The third kappa shape index (κ3) is 4.02. The molecule has 1 aromatic heterocycles. The average Bonchev–Trinajstić information content (AvgIpc) is 3.62. The molecule has 0 radical (unpaired) electrons. The van der Waals surface area contributed by atoms with Gasteiger partial charge in [0.2, 0.25) is 5.91 Å².